The number of aromatic hydroxyl groups is 1. The van der Waals surface area contributed by atoms with Crippen LogP contribution in [0.1, 0.15) is 23.7 Å². The van der Waals surface area contributed by atoms with Gasteiger partial charge in [0.2, 0.25) is 0 Å². The van der Waals surface area contributed by atoms with Gasteiger partial charge in [-0.05, 0) is 36.5 Å². The Morgan fingerprint density at radius 3 is 2.93 bits per heavy atom. The van der Waals surface area contributed by atoms with Gasteiger partial charge in [-0.25, -0.2) is 4.79 Å². The molecule has 2 aromatic rings. The van der Waals surface area contributed by atoms with Crippen LogP contribution in [-0.2, 0) is 20.7 Å². The summed E-state index contributed by atoms with van der Waals surface area (Å²) < 4.78 is 10.2. The fourth-order valence-electron chi connectivity index (χ4n) is 4.88. The van der Waals surface area contributed by atoms with Crippen LogP contribution >= 0.6 is 0 Å². The van der Waals surface area contributed by atoms with Crippen LogP contribution in [0.3, 0.4) is 0 Å². The fraction of sp³-hybridized carbons (Fsp3) is 0.409. The SMILES string of the molecule is C=CC1CN2CCc3c([nH]c4cccc(O)c34)[C@@H]2C[C@@H]1/C(=C\OC)C(=O)OC. The lowest BCUT2D eigenvalue weighted by molar-refractivity contribution is -0.137. The topological polar surface area (TPSA) is 74.8 Å². The zero-order valence-electron chi connectivity index (χ0n) is 16.3. The lowest BCUT2D eigenvalue weighted by atomic mass is 9.75. The molecule has 0 bridgehead atoms. The van der Waals surface area contributed by atoms with Crippen LogP contribution < -0.4 is 0 Å². The Kier molecular flexibility index (Phi) is 4.89. The average molecular weight is 382 g/mol. The molecule has 0 aliphatic carbocycles. The van der Waals surface area contributed by atoms with Crippen molar-refractivity contribution in [2.24, 2.45) is 11.8 Å². The van der Waals surface area contributed by atoms with Crippen molar-refractivity contribution in [3.63, 3.8) is 0 Å². The lowest BCUT2D eigenvalue weighted by Crippen LogP contribution is -2.46. The third kappa shape index (κ3) is 2.88. The van der Waals surface area contributed by atoms with Gasteiger partial charge in [0.15, 0.2) is 0 Å². The number of H-pyrrole nitrogens is 1. The van der Waals surface area contributed by atoms with Crippen LogP contribution in [0.15, 0.2) is 42.7 Å². The normalized spacial score (nSPS) is 25.1. The Labute approximate surface area is 164 Å². The first kappa shape index (κ1) is 18.6. The second kappa shape index (κ2) is 7.36. The van der Waals surface area contributed by atoms with E-state index in [2.05, 4.69) is 16.5 Å². The molecule has 1 aromatic heterocycles. The van der Waals surface area contributed by atoms with Gasteiger partial charge >= 0.3 is 5.97 Å². The van der Waals surface area contributed by atoms with Gasteiger partial charge in [0.25, 0.3) is 0 Å². The van der Waals surface area contributed by atoms with Crippen molar-refractivity contribution in [2.75, 3.05) is 27.3 Å². The third-order valence-electron chi connectivity index (χ3n) is 6.17. The molecule has 3 atom stereocenters. The Balaban J connectivity index is 1.76. The maximum Gasteiger partial charge on any atom is 0.337 e. The number of methoxy groups -OCH3 is 2. The number of ether oxygens (including phenoxy) is 2. The van der Waals surface area contributed by atoms with Crippen molar-refractivity contribution in [3.05, 3.63) is 53.9 Å². The minimum Gasteiger partial charge on any atom is -0.507 e. The van der Waals surface area contributed by atoms with E-state index < -0.39 is 0 Å². The predicted molar refractivity (Wildman–Crippen MR) is 107 cm³/mol. The van der Waals surface area contributed by atoms with Crippen LogP contribution in [-0.4, -0.2) is 48.3 Å². The number of carbonyl (C=O) groups is 1. The number of esters is 1. The second-order valence-electron chi connectivity index (χ2n) is 7.52. The van der Waals surface area contributed by atoms with E-state index in [4.69, 9.17) is 9.47 Å². The maximum atomic E-state index is 12.4. The molecule has 1 fully saturated rings. The summed E-state index contributed by atoms with van der Waals surface area (Å²) in [5, 5.41) is 11.3. The molecule has 6 nitrogen and oxygen atoms in total. The number of nitrogens with zero attached hydrogens (tertiary/aromatic N) is 1. The predicted octanol–water partition coefficient (Wildman–Crippen LogP) is 3.30. The first-order chi connectivity index (χ1) is 13.6. The van der Waals surface area contributed by atoms with E-state index in [0.29, 0.717) is 11.3 Å². The van der Waals surface area contributed by atoms with E-state index in [9.17, 15) is 9.90 Å². The molecule has 0 radical (unpaired) electrons. The molecule has 0 amide bonds. The quantitative estimate of drug-likeness (QED) is 0.367. The molecule has 1 saturated heterocycles. The van der Waals surface area contributed by atoms with Crippen molar-refractivity contribution in [3.8, 4) is 5.75 Å². The highest BCUT2D eigenvalue weighted by atomic mass is 16.5. The molecular weight excluding hydrogens is 356 g/mol. The zero-order valence-corrected chi connectivity index (χ0v) is 16.3. The van der Waals surface area contributed by atoms with Gasteiger partial charge in [-0.2, -0.15) is 0 Å². The highest BCUT2D eigenvalue weighted by Crippen LogP contribution is 2.46. The Morgan fingerprint density at radius 1 is 1.39 bits per heavy atom. The maximum absolute atomic E-state index is 12.4. The molecule has 1 unspecified atom stereocenters. The number of fused-ring (bicyclic) bond motifs is 5. The van der Waals surface area contributed by atoms with E-state index >= 15 is 0 Å². The third-order valence-corrected chi connectivity index (χ3v) is 6.17. The number of aromatic amines is 1. The van der Waals surface area contributed by atoms with Crippen molar-refractivity contribution < 1.29 is 19.4 Å². The van der Waals surface area contributed by atoms with Gasteiger partial charge < -0.3 is 19.6 Å². The highest BCUT2D eigenvalue weighted by Gasteiger charge is 2.42. The number of piperidine rings is 1. The Hall–Kier alpha value is -2.73. The van der Waals surface area contributed by atoms with Crippen molar-refractivity contribution in [1.82, 2.24) is 9.88 Å². The van der Waals surface area contributed by atoms with Crippen LogP contribution in [0.25, 0.3) is 10.9 Å². The summed E-state index contributed by atoms with van der Waals surface area (Å²) in [4.78, 5) is 18.4. The fourth-order valence-corrected chi connectivity index (χ4v) is 4.88. The molecule has 148 valence electrons. The number of benzene rings is 1. The molecule has 0 saturated carbocycles. The molecule has 4 rings (SSSR count). The van der Waals surface area contributed by atoms with E-state index in [1.54, 1.807) is 13.2 Å². The standard InChI is InChI=1S/C22H26N2O4/c1-4-13-11-24-9-8-14-20-17(6-5-7-19(20)25)23-21(14)18(24)10-15(13)16(12-27-2)22(26)28-3/h4-7,12-13,15,18,23,25H,1,8-11H2,2-3H3/b16-12+/t13?,15-,18-/m0/s1. The minimum atomic E-state index is -0.363. The minimum absolute atomic E-state index is 0.0443. The van der Waals surface area contributed by atoms with Crippen LogP contribution in [0.4, 0.5) is 0 Å². The number of phenolic OH excluding ortho intramolecular Hbond substituents is 1. The Morgan fingerprint density at radius 2 is 2.21 bits per heavy atom. The molecule has 1 aromatic carbocycles. The molecule has 3 heterocycles. The first-order valence-electron chi connectivity index (χ1n) is 9.59. The van der Waals surface area contributed by atoms with E-state index in [-0.39, 0.29) is 23.8 Å². The van der Waals surface area contributed by atoms with Gasteiger partial charge in [0, 0.05) is 35.6 Å². The number of hydrogen-bond acceptors (Lipinski definition) is 5. The number of aromatic nitrogens is 1. The van der Waals surface area contributed by atoms with Gasteiger partial charge in [0.05, 0.1) is 32.1 Å². The summed E-state index contributed by atoms with van der Waals surface area (Å²) in [7, 11) is 2.93. The van der Waals surface area contributed by atoms with Crippen LogP contribution in [0, 0.1) is 11.8 Å². The molecular formula is C22H26N2O4. The van der Waals surface area contributed by atoms with Gasteiger partial charge in [0.1, 0.15) is 5.75 Å². The average Bonchev–Trinajstić information content (AvgIpc) is 3.10. The van der Waals surface area contributed by atoms with Crippen LogP contribution in [0.5, 0.6) is 5.75 Å². The number of nitrogens with one attached hydrogen (secondary N) is 1. The van der Waals surface area contributed by atoms with Crippen molar-refractivity contribution in [2.45, 2.75) is 18.9 Å². The summed E-state index contributed by atoms with van der Waals surface area (Å²) in [6.45, 7) is 5.73. The zero-order chi connectivity index (χ0) is 19.8. The smallest absolute Gasteiger partial charge is 0.337 e. The van der Waals surface area contributed by atoms with Gasteiger partial charge in [-0.1, -0.05) is 12.1 Å². The monoisotopic (exact) mass is 382 g/mol. The molecule has 28 heavy (non-hydrogen) atoms. The van der Waals surface area contributed by atoms with E-state index in [0.717, 1.165) is 42.5 Å². The molecule has 2 aliphatic rings. The number of rotatable bonds is 4. The van der Waals surface area contributed by atoms with Crippen molar-refractivity contribution in [1.29, 1.82) is 0 Å². The molecule has 2 N–H and O–H groups in total. The largest absolute Gasteiger partial charge is 0.507 e. The van der Waals surface area contributed by atoms with Crippen molar-refractivity contribution >= 4 is 16.9 Å². The number of phenols is 1. The highest BCUT2D eigenvalue weighted by molar-refractivity contribution is 5.91. The van der Waals surface area contributed by atoms with Gasteiger partial charge in [-0.3, -0.25) is 4.90 Å². The summed E-state index contributed by atoms with van der Waals surface area (Å²) >= 11 is 0. The van der Waals surface area contributed by atoms with E-state index in [1.165, 1.54) is 18.9 Å². The van der Waals surface area contributed by atoms with Crippen LogP contribution in [0.2, 0.25) is 0 Å². The number of hydrogen-bond donors (Lipinski definition) is 2. The lowest BCUT2D eigenvalue weighted by Gasteiger charge is -2.45. The first-order valence-corrected chi connectivity index (χ1v) is 9.59. The molecule has 0 spiro atoms. The van der Waals surface area contributed by atoms with E-state index in [1.807, 2.05) is 18.2 Å². The summed E-state index contributed by atoms with van der Waals surface area (Å²) in [5.74, 6) is 0.0416. The Bertz CT molecular complexity index is 945. The molecule has 6 heteroatoms. The summed E-state index contributed by atoms with van der Waals surface area (Å²) in [5.41, 5.74) is 3.81. The molecule has 2 aliphatic heterocycles. The van der Waals surface area contributed by atoms with Gasteiger partial charge in [-0.15, -0.1) is 6.58 Å². The summed E-state index contributed by atoms with van der Waals surface area (Å²) in [6.07, 6.45) is 5.07. The summed E-state index contributed by atoms with van der Waals surface area (Å²) in [6, 6.07) is 5.72. The number of carbonyl (C=O) groups excluding carboxylic acids is 1. The second-order valence-corrected chi connectivity index (χ2v) is 7.52.